The van der Waals surface area contributed by atoms with Crippen LogP contribution in [0.15, 0.2) is 147 Å². The summed E-state index contributed by atoms with van der Waals surface area (Å²) in [6.45, 7) is 0. The van der Waals surface area contributed by atoms with Gasteiger partial charge in [0.1, 0.15) is 11.6 Å². The van der Waals surface area contributed by atoms with Crippen LogP contribution in [0, 0.1) is 23.7 Å². The van der Waals surface area contributed by atoms with E-state index in [9.17, 15) is 39.6 Å². The molecule has 414 valence electrons. The molecule has 89 heavy (non-hydrogen) atoms. The Bertz CT molecular complexity index is 4540. The van der Waals surface area contributed by atoms with Gasteiger partial charge in [0.25, 0.3) is 0 Å². The molecule has 0 saturated carbocycles. The van der Waals surface area contributed by atoms with Crippen LogP contribution in [0.1, 0.15) is 89.4 Å². The zero-order chi connectivity index (χ0) is 58.2. The maximum Gasteiger partial charge on any atom is 2.00 e. The summed E-state index contributed by atoms with van der Waals surface area (Å²) in [5, 5.41) is 51.4. The molecule has 7 aliphatic heterocycles. The van der Waals surface area contributed by atoms with Crippen LogP contribution in [0.2, 0.25) is 0 Å². The van der Waals surface area contributed by atoms with Gasteiger partial charge >= 0.3 is 138 Å². The molecule has 20 nitrogen and oxygen atoms in total. The number of carboxylic acid groups (broad SMARTS) is 4. The Kier molecular flexibility index (Phi) is 23.8. The van der Waals surface area contributed by atoms with E-state index in [-0.39, 0.29) is 189 Å². The van der Waals surface area contributed by atoms with Crippen LogP contribution in [-0.2, 0) is 58.5 Å². The maximum absolute atomic E-state index is 12.0. The number of hydrogen-bond donors (Lipinski definition) is 2. The molecule has 5 aromatic heterocycles. The number of nitrogens with one attached hydrogen (secondary N) is 2. The van der Waals surface area contributed by atoms with Crippen molar-refractivity contribution in [3.05, 3.63) is 183 Å². The number of H-pyrrole nitrogens is 1. The van der Waals surface area contributed by atoms with Crippen molar-refractivity contribution in [3.63, 3.8) is 0 Å². The summed E-state index contributed by atoms with van der Waals surface area (Å²) >= 11 is 0. The second-order valence-electron chi connectivity index (χ2n) is 20.0. The molecule has 0 aliphatic carbocycles. The number of hydrogen-bond acceptors (Lipinski definition) is 16. The number of nitrogens with zero attached hydrogens (tertiary/aromatic N) is 10. The average molecular weight is 1270 g/mol. The number of carbonyl (C=O) groups excluding carboxylic acids is 4. The summed E-state index contributed by atoms with van der Waals surface area (Å²) in [6, 6.07) is 10.8. The van der Waals surface area contributed by atoms with E-state index in [2.05, 4.69) is 39.0 Å². The minimum Gasteiger partial charge on any atom is -0.657 e. The number of carbonyl (C=O) groups is 4. The van der Waals surface area contributed by atoms with Crippen LogP contribution in [0.4, 0.5) is 0 Å². The Morgan fingerprint density at radius 3 is 1.71 bits per heavy atom. The van der Waals surface area contributed by atoms with E-state index in [1.807, 2.05) is 54.0 Å². The van der Waals surface area contributed by atoms with Gasteiger partial charge in [-0.1, -0.05) is 30.2 Å². The fourth-order valence-electron chi connectivity index (χ4n) is 10.6. The molecule has 7 aliphatic rings. The summed E-state index contributed by atoms with van der Waals surface area (Å²) in [5.41, 5.74) is 11.6. The van der Waals surface area contributed by atoms with Gasteiger partial charge < -0.3 is 69.3 Å². The van der Waals surface area contributed by atoms with E-state index in [1.165, 1.54) is 0 Å². The SMILES string of the molecule is CN1C=CN/C1=C1/C2=NC(=C(CCC(=O)[O-])C3=NC(=C(C#CC#Cc4c5nc(c(CCC(=O)[O-])c6ccc([n-]6)c(-c6nccn6C)c6nc(c(CCC(=O)[O-])c7ccc4[n-]7)C=C6)C=C5)C4=NC(=C(CCC(=O)[O-])c5ccc1[nH]5)C=C4)C=C3)C=C2.[Na+].[Na+].[Na+].[Na+].[Zn+2]. The Hall–Kier alpha value is -6.76. The molecule has 0 atom stereocenters. The first kappa shape index (κ1) is 69.7. The van der Waals surface area contributed by atoms with Gasteiger partial charge in [-0.05, 0) is 153 Å². The number of aryl methyl sites for hydroxylation is 3. The molecule has 25 heteroatoms. The van der Waals surface area contributed by atoms with Crippen molar-refractivity contribution in [1.82, 2.24) is 44.7 Å². The van der Waals surface area contributed by atoms with Crippen LogP contribution >= 0.6 is 0 Å². The molecule has 12 heterocycles. The van der Waals surface area contributed by atoms with Crippen LogP contribution in [0.5, 0.6) is 0 Å². The van der Waals surface area contributed by atoms with Gasteiger partial charge in [0.2, 0.25) is 0 Å². The zero-order valence-corrected chi connectivity index (χ0v) is 60.6. The monoisotopic (exact) mass is 1260 g/mol. The number of aliphatic imine (C=N–C) groups is 3. The minimum atomic E-state index is -1.26. The number of aliphatic carboxylic acids is 4. The Morgan fingerprint density at radius 1 is 0.551 bits per heavy atom. The van der Waals surface area contributed by atoms with Crippen molar-refractivity contribution in [2.75, 3.05) is 7.05 Å². The van der Waals surface area contributed by atoms with E-state index in [0.29, 0.717) is 147 Å². The van der Waals surface area contributed by atoms with Crippen LogP contribution in [-0.4, -0.2) is 77.5 Å². The largest absolute Gasteiger partial charge is 2.00 e. The predicted octanol–water partition coefficient (Wildman–Crippen LogP) is -8.92. The molecular formula is C64H44N12Na4O8Zn. The molecule has 5 aromatic rings. The molecule has 0 spiro atoms. The van der Waals surface area contributed by atoms with Crippen molar-refractivity contribution in [1.29, 1.82) is 0 Å². The number of allylic oxidation sites excluding steroid dienone is 10. The molecule has 0 fully saturated rings. The fourth-order valence-corrected chi connectivity index (χ4v) is 10.6. The zero-order valence-electron chi connectivity index (χ0n) is 49.6. The summed E-state index contributed by atoms with van der Waals surface area (Å²) in [4.78, 5) is 93.3. The first-order chi connectivity index (χ1) is 40.7. The quantitative estimate of drug-likeness (QED) is 0.0801. The third kappa shape index (κ3) is 15.0. The van der Waals surface area contributed by atoms with Crippen molar-refractivity contribution in [3.8, 4) is 35.1 Å². The number of fused-ring (bicyclic) bond motifs is 13. The molecular weight excluding hydrogens is 1220 g/mol. The summed E-state index contributed by atoms with van der Waals surface area (Å²) in [6.07, 6.45) is 23.7. The van der Waals surface area contributed by atoms with E-state index in [0.717, 1.165) is 0 Å². The number of aromatic nitrogens is 7. The molecule has 0 amide bonds. The van der Waals surface area contributed by atoms with Crippen molar-refractivity contribution in [2.24, 2.45) is 22.0 Å². The average Bonchev–Trinajstić information content (AvgIpc) is 2.25. The Labute approximate surface area is 611 Å². The van der Waals surface area contributed by atoms with Gasteiger partial charge in [0, 0.05) is 90.7 Å². The minimum absolute atomic E-state index is 0. The maximum atomic E-state index is 12.0. The Morgan fingerprint density at radius 2 is 1.07 bits per heavy atom. The Balaban J connectivity index is 0.00000226. The molecule has 2 N–H and O–H groups in total. The van der Waals surface area contributed by atoms with Gasteiger partial charge in [0.05, 0.1) is 73.8 Å². The van der Waals surface area contributed by atoms with Gasteiger partial charge in [-0.25, -0.2) is 29.9 Å². The first-order valence-corrected chi connectivity index (χ1v) is 26.7. The van der Waals surface area contributed by atoms with E-state index in [1.54, 1.807) is 91.5 Å². The molecule has 0 saturated heterocycles. The number of imidazole rings is 1. The third-order valence-electron chi connectivity index (χ3n) is 14.6. The smallest absolute Gasteiger partial charge is 0.657 e. The topological polar surface area (TPSA) is 300 Å². The standard InChI is InChI=1S/C64H50N12O8.4Na.Zn/c1-75-33-31-65-63(75)61-53-23-19-49(71-53)37(7-27-57(77)78)45-15-11-41(67-45)35(42-12-16-46(68-42)38(8-28-58(79)80)50-20-24-54(61)72-50)5-3-4-6-36-43-13-17-47(69-43)39(9-29-59(81)82)51-21-25-55(73-51)62(64-66-32-34-76(64)2)56-26-22-52(74-56)40(10-30-60(83)84)48-18-14-44(36)70-48;;;;;/h11-26,31-34H,7-10,27-30H2,1-2H3,(H8,65,66,67,68,69,70,71,72,73,74,77,78,79,80,81,82,83,84);;;;;/q;4*+1;+2/p-6. The molecule has 0 aromatic carbocycles. The summed E-state index contributed by atoms with van der Waals surface area (Å²) in [7, 11) is 3.72. The fraction of sp³-hybridized carbons (Fsp3) is 0.156. The first-order valence-electron chi connectivity index (χ1n) is 26.7. The van der Waals surface area contributed by atoms with Gasteiger partial charge in [0.15, 0.2) is 0 Å². The second-order valence-corrected chi connectivity index (χ2v) is 20.0. The van der Waals surface area contributed by atoms with E-state index in [4.69, 9.17) is 34.9 Å². The van der Waals surface area contributed by atoms with E-state index < -0.39 is 23.9 Å². The summed E-state index contributed by atoms with van der Waals surface area (Å²) in [5.74, 6) is 8.65. The summed E-state index contributed by atoms with van der Waals surface area (Å²) < 4.78 is 1.83. The van der Waals surface area contributed by atoms with Crippen molar-refractivity contribution >= 4 is 98.5 Å². The molecule has 0 radical (unpaired) electrons. The second kappa shape index (κ2) is 30.4. The predicted molar refractivity (Wildman–Crippen MR) is 307 cm³/mol. The van der Waals surface area contributed by atoms with Gasteiger partial charge in [-0.2, -0.15) is 0 Å². The van der Waals surface area contributed by atoms with Crippen LogP contribution in [0.25, 0.3) is 68.9 Å². The number of carboxylic acids is 4. The van der Waals surface area contributed by atoms with Crippen molar-refractivity contribution in [2.45, 2.75) is 51.4 Å². The molecule has 12 rings (SSSR count). The molecule has 16 bridgehead atoms. The third-order valence-corrected chi connectivity index (χ3v) is 14.6. The van der Waals surface area contributed by atoms with Crippen molar-refractivity contribution < 1.29 is 177 Å². The molecule has 0 unspecified atom stereocenters. The number of rotatable bonds is 13. The van der Waals surface area contributed by atoms with Crippen LogP contribution < -0.4 is 154 Å². The normalized spacial score (nSPS) is 15.3. The number of aromatic amines is 1. The van der Waals surface area contributed by atoms with Gasteiger partial charge in [-0.3, -0.25) is 0 Å². The van der Waals surface area contributed by atoms with Gasteiger partial charge in [-0.15, -0.1) is 22.1 Å². The van der Waals surface area contributed by atoms with Crippen LogP contribution in [0.3, 0.4) is 0 Å². The van der Waals surface area contributed by atoms with E-state index >= 15 is 0 Å².